The number of nitrogens with one attached hydrogen (secondary N) is 2. The van der Waals surface area contributed by atoms with E-state index in [1.54, 1.807) is 6.92 Å². The van der Waals surface area contributed by atoms with Crippen LogP contribution in [0.2, 0.25) is 0 Å². The molecule has 0 saturated carbocycles. The fraction of sp³-hybridized carbons (Fsp3) is 0.526. The third-order valence-electron chi connectivity index (χ3n) is 3.60. The van der Waals surface area contributed by atoms with Gasteiger partial charge >= 0.3 is 0 Å². The van der Waals surface area contributed by atoms with Crippen LogP contribution in [-0.4, -0.2) is 42.4 Å². The predicted octanol–water partition coefficient (Wildman–Crippen LogP) is 3.09. The Balaban J connectivity index is 0.00000392. The molecular formula is C19H30IN5O3. The van der Waals surface area contributed by atoms with E-state index in [1.807, 2.05) is 32.9 Å². The van der Waals surface area contributed by atoms with Crippen LogP contribution in [-0.2, 0) is 13.0 Å². The van der Waals surface area contributed by atoms with Gasteiger partial charge in [0.2, 0.25) is 5.89 Å². The number of benzene rings is 1. The molecule has 1 aromatic carbocycles. The average Bonchev–Trinajstić information content (AvgIpc) is 3.07. The number of hydrogen-bond acceptors (Lipinski definition) is 6. The summed E-state index contributed by atoms with van der Waals surface area (Å²) in [4.78, 5) is 8.62. The SMILES string of the molecule is CCNC(=NCc1nc(C)no1)NCCc1ccc(OCC)c(OCC)c1.I. The van der Waals surface area contributed by atoms with E-state index in [9.17, 15) is 0 Å². The van der Waals surface area contributed by atoms with Crippen molar-refractivity contribution in [2.45, 2.75) is 40.7 Å². The summed E-state index contributed by atoms with van der Waals surface area (Å²) in [5, 5.41) is 10.3. The highest BCUT2D eigenvalue weighted by molar-refractivity contribution is 14.0. The average molecular weight is 503 g/mol. The highest BCUT2D eigenvalue weighted by atomic mass is 127. The molecule has 9 heteroatoms. The minimum absolute atomic E-state index is 0. The van der Waals surface area contributed by atoms with Crippen LogP contribution in [0.25, 0.3) is 0 Å². The van der Waals surface area contributed by atoms with Gasteiger partial charge in [-0.3, -0.25) is 0 Å². The Morgan fingerprint density at radius 2 is 1.86 bits per heavy atom. The van der Waals surface area contributed by atoms with Crippen molar-refractivity contribution in [1.29, 1.82) is 0 Å². The molecule has 156 valence electrons. The summed E-state index contributed by atoms with van der Waals surface area (Å²) < 4.78 is 16.4. The second-order valence-corrected chi connectivity index (χ2v) is 5.75. The Bertz CT molecular complexity index is 736. The van der Waals surface area contributed by atoms with Gasteiger partial charge in [0.05, 0.1) is 13.2 Å². The first-order valence-corrected chi connectivity index (χ1v) is 9.36. The van der Waals surface area contributed by atoms with E-state index in [0.717, 1.165) is 36.6 Å². The van der Waals surface area contributed by atoms with Crippen molar-refractivity contribution < 1.29 is 14.0 Å². The van der Waals surface area contributed by atoms with Crippen LogP contribution in [0.4, 0.5) is 0 Å². The smallest absolute Gasteiger partial charge is 0.248 e. The monoisotopic (exact) mass is 503 g/mol. The lowest BCUT2D eigenvalue weighted by Crippen LogP contribution is -2.38. The van der Waals surface area contributed by atoms with E-state index < -0.39 is 0 Å². The number of rotatable bonds is 10. The molecule has 0 aliphatic rings. The van der Waals surface area contributed by atoms with Crippen molar-refractivity contribution in [3.8, 4) is 11.5 Å². The largest absolute Gasteiger partial charge is 0.490 e. The van der Waals surface area contributed by atoms with Crippen LogP contribution in [0.1, 0.15) is 38.0 Å². The Morgan fingerprint density at radius 1 is 1.11 bits per heavy atom. The molecule has 1 heterocycles. The molecule has 0 amide bonds. The zero-order valence-electron chi connectivity index (χ0n) is 16.9. The third-order valence-corrected chi connectivity index (χ3v) is 3.60. The number of nitrogens with zero attached hydrogens (tertiary/aromatic N) is 3. The molecular weight excluding hydrogens is 473 g/mol. The van der Waals surface area contributed by atoms with Gasteiger partial charge in [-0.2, -0.15) is 4.98 Å². The van der Waals surface area contributed by atoms with Gasteiger partial charge in [-0.1, -0.05) is 11.2 Å². The molecule has 8 nitrogen and oxygen atoms in total. The lowest BCUT2D eigenvalue weighted by Gasteiger charge is -2.13. The number of aliphatic imine (C=N–C) groups is 1. The Kier molecular flexibility index (Phi) is 11.3. The van der Waals surface area contributed by atoms with Crippen molar-refractivity contribution in [3.63, 3.8) is 0 Å². The van der Waals surface area contributed by atoms with Crippen molar-refractivity contribution in [3.05, 3.63) is 35.5 Å². The standard InChI is InChI=1S/C19H29N5O3.HI/c1-5-20-19(22-13-18-23-14(4)24-27-18)21-11-10-15-8-9-16(25-6-2)17(12-15)26-7-3;/h8-9,12H,5-7,10-11,13H2,1-4H3,(H2,20,21,22);1H. The van der Waals surface area contributed by atoms with E-state index in [2.05, 4.69) is 31.8 Å². The van der Waals surface area contributed by atoms with Crippen LogP contribution in [0.5, 0.6) is 11.5 Å². The van der Waals surface area contributed by atoms with Crippen LogP contribution < -0.4 is 20.1 Å². The zero-order chi connectivity index (χ0) is 19.5. The summed E-state index contributed by atoms with van der Waals surface area (Å²) in [6.07, 6.45) is 0.830. The maximum Gasteiger partial charge on any atom is 0.248 e. The fourth-order valence-electron chi connectivity index (χ4n) is 2.47. The molecule has 0 aliphatic carbocycles. The number of halogens is 1. The van der Waals surface area contributed by atoms with Crippen LogP contribution >= 0.6 is 24.0 Å². The van der Waals surface area contributed by atoms with E-state index in [4.69, 9.17) is 14.0 Å². The second-order valence-electron chi connectivity index (χ2n) is 5.75. The fourth-order valence-corrected chi connectivity index (χ4v) is 2.47. The summed E-state index contributed by atoms with van der Waals surface area (Å²) >= 11 is 0. The molecule has 1 aromatic heterocycles. The predicted molar refractivity (Wildman–Crippen MR) is 120 cm³/mol. The van der Waals surface area contributed by atoms with Crippen molar-refractivity contribution in [1.82, 2.24) is 20.8 Å². The van der Waals surface area contributed by atoms with Gasteiger partial charge in [-0.25, -0.2) is 4.99 Å². The lowest BCUT2D eigenvalue weighted by atomic mass is 10.1. The highest BCUT2D eigenvalue weighted by Crippen LogP contribution is 2.28. The van der Waals surface area contributed by atoms with Crippen LogP contribution in [0.3, 0.4) is 0 Å². The highest BCUT2D eigenvalue weighted by Gasteiger charge is 2.07. The molecule has 0 radical (unpaired) electrons. The maximum atomic E-state index is 5.68. The summed E-state index contributed by atoms with van der Waals surface area (Å²) in [6, 6.07) is 6.04. The second kappa shape index (κ2) is 13.2. The lowest BCUT2D eigenvalue weighted by molar-refractivity contribution is 0.287. The first kappa shape index (κ1) is 24.0. The van der Waals surface area contributed by atoms with Crippen molar-refractivity contribution in [2.75, 3.05) is 26.3 Å². The first-order chi connectivity index (χ1) is 13.2. The number of guanidine groups is 1. The summed E-state index contributed by atoms with van der Waals surface area (Å²) in [6.45, 7) is 10.8. The van der Waals surface area contributed by atoms with Gasteiger partial charge in [0.25, 0.3) is 0 Å². The molecule has 28 heavy (non-hydrogen) atoms. The van der Waals surface area contributed by atoms with Crippen LogP contribution in [0.15, 0.2) is 27.7 Å². The topological polar surface area (TPSA) is 93.8 Å². The first-order valence-electron chi connectivity index (χ1n) is 9.36. The third kappa shape index (κ3) is 7.91. The zero-order valence-corrected chi connectivity index (χ0v) is 19.3. The van der Waals surface area contributed by atoms with Gasteiger partial charge in [0.1, 0.15) is 6.54 Å². The molecule has 0 spiro atoms. The summed E-state index contributed by atoms with van der Waals surface area (Å²) in [7, 11) is 0. The summed E-state index contributed by atoms with van der Waals surface area (Å²) in [5.41, 5.74) is 1.16. The van der Waals surface area contributed by atoms with Crippen molar-refractivity contribution >= 4 is 29.9 Å². The molecule has 0 aliphatic heterocycles. The Labute approximate surface area is 183 Å². The molecule has 0 saturated heterocycles. The minimum Gasteiger partial charge on any atom is -0.490 e. The normalized spacial score (nSPS) is 10.9. The number of aromatic nitrogens is 2. The van der Waals surface area contributed by atoms with Gasteiger partial charge in [-0.05, 0) is 51.8 Å². The molecule has 0 atom stereocenters. The van der Waals surface area contributed by atoms with Crippen LogP contribution in [0, 0.1) is 6.92 Å². The minimum atomic E-state index is 0. The van der Waals surface area contributed by atoms with Gasteiger partial charge < -0.3 is 24.6 Å². The maximum absolute atomic E-state index is 5.68. The van der Waals surface area contributed by atoms with Gasteiger partial charge in [-0.15, -0.1) is 24.0 Å². The van der Waals surface area contributed by atoms with E-state index in [0.29, 0.717) is 37.4 Å². The molecule has 2 N–H and O–H groups in total. The molecule has 2 rings (SSSR count). The number of hydrogen-bond donors (Lipinski definition) is 2. The van der Waals surface area contributed by atoms with E-state index in [-0.39, 0.29) is 24.0 Å². The Morgan fingerprint density at radius 3 is 2.50 bits per heavy atom. The van der Waals surface area contributed by atoms with Crippen molar-refractivity contribution in [2.24, 2.45) is 4.99 Å². The number of aryl methyl sites for hydroxylation is 1. The Hall–Kier alpha value is -2.04. The molecule has 2 aromatic rings. The number of ether oxygens (including phenoxy) is 2. The molecule has 0 fully saturated rings. The van der Waals surface area contributed by atoms with Gasteiger partial charge in [0, 0.05) is 13.1 Å². The quantitative estimate of drug-likeness (QED) is 0.293. The van der Waals surface area contributed by atoms with Gasteiger partial charge in [0.15, 0.2) is 23.3 Å². The molecule has 0 unspecified atom stereocenters. The van der Waals surface area contributed by atoms with E-state index in [1.165, 1.54) is 0 Å². The van der Waals surface area contributed by atoms with E-state index >= 15 is 0 Å². The summed E-state index contributed by atoms with van der Waals surface area (Å²) in [5.74, 6) is 3.38. The molecule has 0 bridgehead atoms.